The Hall–Kier alpha value is -1.95. The molecule has 0 saturated heterocycles. The lowest BCUT2D eigenvalue weighted by Gasteiger charge is -2.31. The number of carbonyl (C=O) groups is 1. The van der Waals surface area contributed by atoms with Crippen LogP contribution in [0.1, 0.15) is 23.2 Å². The van der Waals surface area contributed by atoms with Gasteiger partial charge in [0.15, 0.2) is 0 Å². The van der Waals surface area contributed by atoms with Crippen molar-refractivity contribution in [1.82, 2.24) is 5.32 Å². The molecular formula is C11H12N2O4. The van der Waals surface area contributed by atoms with E-state index in [0.717, 1.165) is 0 Å². The Morgan fingerprint density at radius 2 is 2.06 bits per heavy atom. The zero-order valence-corrected chi connectivity index (χ0v) is 9.00. The van der Waals surface area contributed by atoms with Gasteiger partial charge < -0.3 is 10.4 Å². The van der Waals surface area contributed by atoms with Crippen LogP contribution in [0.2, 0.25) is 0 Å². The SMILES string of the molecule is O=C(NC1CC(O)C1)c1ccccc1[N+](=O)[O-]. The quantitative estimate of drug-likeness (QED) is 0.601. The van der Waals surface area contributed by atoms with Crippen LogP contribution in [0.25, 0.3) is 0 Å². The lowest BCUT2D eigenvalue weighted by atomic mass is 9.89. The third kappa shape index (κ3) is 2.42. The highest BCUT2D eigenvalue weighted by atomic mass is 16.6. The van der Waals surface area contributed by atoms with Gasteiger partial charge in [0.25, 0.3) is 11.6 Å². The molecule has 1 saturated carbocycles. The van der Waals surface area contributed by atoms with Crippen molar-refractivity contribution in [2.24, 2.45) is 0 Å². The molecule has 0 radical (unpaired) electrons. The van der Waals surface area contributed by atoms with Gasteiger partial charge in [0.05, 0.1) is 11.0 Å². The van der Waals surface area contributed by atoms with Crippen LogP contribution in [-0.4, -0.2) is 28.1 Å². The van der Waals surface area contributed by atoms with Crippen molar-refractivity contribution in [2.45, 2.75) is 25.0 Å². The lowest BCUT2D eigenvalue weighted by Crippen LogP contribution is -2.46. The summed E-state index contributed by atoms with van der Waals surface area (Å²) >= 11 is 0. The molecule has 0 atom stereocenters. The smallest absolute Gasteiger partial charge is 0.282 e. The monoisotopic (exact) mass is 236 g/mol. The number of aliphatic hydroxyl groups is 1. The predicted octanol–water partition coefficient (Wildman–Crippen LogP) is 0.848. The summed E-state index contributed by atoms with van der Waals surface area (Å²) in [5, 5.41) is 22.5. The molecule has 2 N–H and O–H groups in total. The summed E-state index contributed by atoms with van der Waals surface area (Å²) in [6.45, 7) is 0. The number of nitrogens with zero attached hydrogens (tertiary/aromatic N) is 1. The van der Waals surface area contributed by atoms with Gasteiger partial charge in [-0.1, -0.05) is 12.1 Å². The number of para-hydroxylation sites is 1. The minimum atomic E-state index is -0.579. The summed E-state index contributed by atoms with van der Waals surface area (Å²) < 4.78 is 0. The molecule has 0 spiro atoms. The van der Waals surface area contributed by atoms with Crippen molar-refractivity contribution < 1.29 is 14.8 Å². The van der Waals surface area contributed by atoms with Crippen LogP contribution in [0, 0.1) is 10.1 Å². The fourth-order valence-electron chi connectivity index (χ4n) is 1.79. The minimum absolute atomic E-state index is 0.0545. The number of benzene rings is 1. The molecule has 90 valence electrons. The van der Waals surface area contributed by atoms with Crippen LogP contribution in [0.5, 0.6) is 0 Å². The van der Waals surface area contributed by atoms with Crippen molar-refractivity contribution in [1.29, 1.82) is 0 Å². The maximum absolute atomic E-state index is 11.8. The van der Waals surface area contributed by atoms with E-state index < -0.39 is 10.8 Å². The van der Waals surface area contributed by atoms with Crippen LogP contribution >= 0.6 is 0 Å². The van der Waals surface area contributed by atoms with E-state index >= 15 is 0 Å². The van der Waals surface area contributed by atoms with E-state index in [1.807, 2.05) is 0 Å². The fourth-order valence-corrected chi connectivity index (χ4v) is 1.79. The molecule has 1 fully saturated rings. The summed E-state index contributed by atoms with van der Waals surface area (Å²) in [7, 11) is 0. The molecule has 0 unspecified atom stereocenters. The first-order valence-corrected chi connectivity index (χ1v) is 5.30. The number of nitro benzene ring substituents is 1. The minimum Gasteiger partial charge on any atom is -0.393 e. The number of nitro groups is 1. The molecule has 0 aromatic heterocycles. The van der Waals surface area contributed by atoms with Crippen molar-refractivity contribution in [2.75, 3.05) is 0 Å². The number of aliphatic hydroxyl groups excluding tert-OH is 1. The summed E-state index contributed by atoms with van der Waals surface area (Å²) in [5.74, 6) is -0.464. The second kappa shape index (κ2) is 4.50. The van der Waals surface area contributed by atoms with Crippen molar-refractivity contribution >= 4 is 11.6 Å². The molecule has 1 aliphatic rings. The second-order valence-electron chi connectivity index (χ2n) is 4.07. The number of hydrogen-bond acceptors (Lipinski definition) is 4. The van der Waals surface area contributed by atoms with E-state index in [0.29, 0.717) is 12.8 Å². The van der Waals surface area contributed by atoms with Gasteiger partial charge >= 0.3 is 0 Å². The van der Waals surface area contributed by atoms with E-state index in [2.05, 4.69) is 5.32 Å². The average Bonchev–Trinajstić information content (AvgIpc) is 2.27. The number of carbonyl (C=O) groups excluding carboxylic acids is 1. The Balaban J connectivity index is 2.11. The first kappa shape index (κ1) is 11.5. The lowest BCUT2D eigenvalue weighted by molar-refractivity contribution is -0.385. The van der Waals surface area contributed by atoms with E-state index in [1.165, 1.54) is 18.2 Å². The van der Waals surface area contributed by atoms with Gasteiger partial charge in [-0.25, -0.2) is 0 Å². The third-order valence-corrected chi connectivity index (χ3v) is 2.79. The van der Waals surface area contributed by atoms with Crippen molar-refractivity contribution in [3.05, 3.63) is 39.9 Å². The highest BCUT2D eigenvalue weighted by molar-refractivity contribution is 5.98. The molecule has 2 rings (SSSR count). The molecule has 0 aliphatic heterocycles. The number of rotatable bonds is 3. The predicted molar refractivity (Wildman–Crippen MR) is 59.6 cm³/mol. The largest absolute Gasteiger partial charge is 0.393 e. The first-order chi connectivity index (χ1) is 8.08. The van der Waals surface area contributed by atoms with E-state index in [9.17, 15) is 14.9 Å². The molecule has 17 heavy (non-hydrogen) atoms. The van der Waals surface area contributed by atoms with Crippen molar-refractivity contribution in [3.8, 4) is 0 Å². The summed E-state index contributed by atoms with van der Waals surface area (Å²) in [4.78, 5) is 21.9. The normalized spacial score (nSPS) is 22.6. The Morgan fingerprint density at radius 3 is 2.65 bits per heavy atom. The zero-order chi connectivity index (χ0) is 12.4. The molecule has 0 heterocycles. The zero-order valence-electron chi connectivity index (χ0n) is 9.00. The van der Waals surface area contributed by atoms with Crippen molar-refractivity contribution in [3.63, 3.8) is 0 Å². The molecule has 1 aliphatic carbocycles. The highest BCUT2D eigenvalue weighted by Gasteiger charge is 2.30. The van der Waals surface area contributed by atoms with Crippen LogP contribution in [-0.2, 0) is 0 Å². The average molecular weight is 236 g/mol. The Kier molecular flexibility index (Phi) is 3.06. The number of nitrogens with one attached hydrogen (secondary N) is 1. The molecule has 0 bridgehead atoms. The fraction of sp³-hybridized carbons (Fsp3) is 0.364. The first-order valence-electron chi connectivity index (χ1n) is 5.30. The molecule has 6 heteroatoms. The molecule has 6 nitrogen and oxygen atoms in total. The van der Waals surface area contributed by atoms with Crippen LogP contribution in [0.3, 0.4) is 0 Å². The Labute approximate surface area is 97.4 Å². The molecule has 1 amide bonds. The maximum Gasteiger partial charge on any atom is 0.282 e. The van der Waals surface area contributed by atoms with E-state index in [-0.39, 0.29) is 23.4 Å². The maximum atomic E-state index is 11.8. The number of amides is 1. The van der Waals surface area contributed by atoms with E-state index in [1.54, 1.807) is 6.07 Å². The van der Waals surface area contributed by atoms with Gasteiger partial charge in [0.1, 0.15) is 5.56 Å². The van der Waals surface area contributed by atoms with Gasteiger partial charge in [-0.15, -0.1) is 0 Å². The molecular weight excluding hydrogens is 224 g/mol. The van der Waals surface area contributed by atoms with Crippen LogP contribution in [0.4, 0.5) is 5.69 Å². The van der Waals surface area contributed by atoms with Gasteiger partial charge in [-0.3, -0.25) is 14.9 Å². The van der Waals surface area contributed by atoms with E-state index in [4.69, 9.17) is 5.11 Å². The van der Waals surface area contributed by atoms with Gasteiger partial charge in [-0.2, -0.15) is 0 Å². The Bertz CT molecular complexity index is 455. The molecule has 1 aromatic carbocycles. The number of hydrogen-bond donors (Lipinski definition) is 2. The standard InChI is InChI=1S/C11H12N2O4/c14-8-5-7(6-8)12-11(15)9-3-1-2-4-10(9)13(16)17/h1-4,7-8,14H,5-6H2,(H,12,15). The summed E-state index contributed by atoms with van der Waals surface area (Å²) in [5.41, 5.74) is -0.149. The summed E-state index contributed by atoms with van der Waals surface area (Å²) in [6, 6.07) is 5.73. The highest BCUT2D eigenvalue weighted by Crippen LogP contribution is 2.22. The molecule has 1 aromatic rings. The second-order valence-corrected chi connectivity index (χ2v) is 4.07. The summed E-state index contributed by atoms with van der Waals surface area (Å²) in [6.07, 6.45) is 0.643. The van der Waals surface area contributed by atoms with Gasteiger partial charge in [0.2, 0.25) is 0 Å². The third-order valence-electron chi connectivity index (χ3n) is 2.79. The van der Waals surface area contributed by atoms with Crippen LogP contribution in [0.15, 0.2) is 24.3 Å². The topological polar surface area (TPSA) is 92.5 Å². The Morgan fingerprint density at radius 1 is 1.41 bits per heavy atom. The van der Waals surface area contributed by atoms with Gasteiger partial charge in [-0.05, 0) is 18.9 Å². The van der Waals surface area contributed by atoms with Crippen LogP contribution < -0.4 is 5.32 Å². The van der Waals surface area contributed by atoms with Gasteiger partial charge in [0, 0.05) is 12.1 Å².